The summed E-state index contributed by atoms with van der Waals surface area (Å²) in [6, 6.07) is 0. The van der Waals surface area contributed by atoms with Crippen molar-refractivity contribution < 1.29 is 4.74 Å². The minimum absolute atomic E-state index is 0.643. The maximum Gasteiger partial charge on any atom is 0.103 e. The summed E-state index contributed by atoms with van der Waals surface area (Å²) in [5.41, 5.74) is 1.07. The van der Waals surface area contributed by atoms with Crippen LogP contribution in [0.5, 0.6) is 0 Å². The van der Waals surface area contributed by atoms with Gasteiger partial charge in [0.25, 0.3) is 0 Å². The molecular formula is C11H17NOS2. The molecule has 1 aliphatic rings. The molecule has 1 aromatic heterocycles. The van der Waals surface area contributed by atoms with Gasteiger partial charge in [0.1, 0.15) is 5.01 Å². The van der Waals surface area contributed by atoms with Gasteiger partial charge in [-0.1, -0.05) is 12.8 Å². The van der Waals surface area contributed by atoms with Gasteiger partial charge in [-0.05, 0) is 12.8 Å². The topological polar surface area (TPSA) is 22.1 Å². The Hall–Kier alpha value is -0.0600. The number of nitrogens with zero attached hydrogens (tertiary/aromatic N) is 1. The van der Waals surface area contributed by atoms with Crippen molar-refractivity contribution in [2.24, 2.45) is 0 Å². The van der Waals surface area contributed by atoms with Crippen LogP contribution >= 0.6 is 23.1 Å². The van der Waals surface area contributed by atoms with Crippen LogP contribution in [0.25, 0.3) is 0 Å². The smallest absolute Gasteiger partial charge is 0.103 e. The van der Waals surface area contributed by atoms with Crippen LogP contribution in [0.15, 0.2) is 5.38 Å². The molecule has 2 rings (SSSR count). The summed E-state index contributed by atoms with van der Waals surface area (Å²) in [5, 5.41) is 4.24. The first-order valence-electron chi connectivity index (χ1n) is 5.42. The first kappa shape index (κ1) is 11.4. The second-order valence-corrected chi connectivity index (χ2v) is 6.11. The van der Waals surface area contributed by atoms with Gasteiger partial charge in [-0.3, -0.25) is 0 Å². The Morgan fingerprint density at radius 3 is 3.07 bits per heavy atom. The number of aromatic nitrogens is 1. The lowest BCUT2D eigenvalue weighted by Crippen LogP contribution is -1.95. The highest BCUT2D eigenvalue weighted by molar-refractivity contribution is 7.99. The van der Waals surface area contributed by atoms with Crippen LogP contribution in [0.4, 0.5) is 0 Å². The molecule has 0 spiro atoms. The van der Waals surface area contributed by atoms with E-state index in [-0.39, 0.29) is 0 Å². The second kappa shape index (κ2) is 5.87. The van der Waals surface area contributed by atoms with Crippen molar-refractivity contribution in [1.82, 2.24) is 4.98 Å². The molecule has 1 fully saturated rings. The van der Waals surface area contributed by atoms with Gasteiger partial charge in [-0.25, -0.2) is 4.98 Å². The van der Waals surface area contributed by atoms with Crippen LogP contribution in [-0.2, 0) is 17.1 Å². The summed E-state index contributed by atoms with van der Waals surface area (Å²) < 4.78 is 5.06. The van der Waals surface area contributed by atoms with Crippen LogP contribution in [0, 0.1) is 0 Å². The van der Waals surface area contributed by atoms with Gasteiger partial charge in [0, 0.05) is 23.5 Å². The van der Waals surface area contributed by atoms with E-state index in [2.05, 4.69) is 22.1 Å². The van der Waals surface area contributed by atoms with Crippen molar-refractivity contribution in [3.8, 4) is 0 Å². The molecule has 1 aliphatic carbocycles. The summed E-state index contributed by atoms with van der Waals surface area (Å²) in [6.07, 6.45) is 5.65. The Morgan fingerprint density at radius 1 is 1.53 bits per heavy atom. The zero-order valence-electron chi connectivity index (χ0n) is 9.07. The van der Waals surface area contributed by atoms with E-state index in [0.717, 1.165) is 16.7 Å². The molecule has 1 aromatic rings. The van der Waals surface area contributed by atoms with E-state index >= 15 is 0 Å². The molecule has 1 saturated carbocycles. The molecule has 0 radical (unpaired) electrons. The highest BCUT2D eigenvalue weighted by Crippen LogP contribution is 2.32. The van der Waals surface area contributed by atoms with E-state index in [4.69, 9.17) is 4.74 Å². The molecule has 0 unspecified atom stereocenters. The van der Waals surface area contributed by atoms with Crippen LogP contribution in [0.1, 0.15) is 36.4 Å². The second-order valence-electron chi connectivity index (χ2n) is 3.88. The zero-order chi connectivity index (χ0) is 10.5. The van der Waals surface area contributed by atoms with Crippen molar-refractivity contribution in [2.75, 3.05) is 7.11 Å². The van der Waals surface area contributed by atoms with E-state index in [1.54, 1.807) is 18.4 Å². The molecule has 0 atom stereocenters. The molecule has 0 aliphatic heterocycles. The van der Waals surface area contributed by atoms with Crippen molar-refractivity contribution in [2.45, 2.75) is 43.3 Å². The normalized spacial score (nSPS) is 17.4. The van der Waals surface area contributed by atoms with E-state index in [0.29, 0.717) is 6.61 Å². The highest BCUT2D eigenvalue weighted by Gasteiger charge is 2.15. The molecule has 0 bridgehead atoms. The Labute approximate surface area is 99.4 Å². The lowest BCUT2D eigenvalue weighted by atomic mass is 10.4. The number of hydrogen-bond acceptors (Lipinski definition) is 4. The van der Waals surface area contributed by atoms with Gasteiger partial charge < -0.3 is 4.74 Å². The van der Waals surface area contributed by atoms with Crippen LogP contribution in [0.3, 0.4) is 0 Å². The summed E-state index contributed by atoms with van der Waals surface area (Å²) >= 11 is 3.84. The number of methoxy groups -OCH3 is 1. The summed E-state index contributed by atoms with van der Waals surface area (Å²) in [5.74, 6) is 1.08. The molecule has 84 valence electrons. The van der Waals surface area contributed by atoms with E-state index in [1.807, 2.05) is 0 Å². The first-order valence-corrected chi connectivity index (χ1v) is 7.35. The van der Waals surface area contributed by atoms with E-state index in [1.165, 1.54) is 30.7 Å². The average Bonchev–Trinajstić information content (AvgIpc) is 2.85. The number of rotatable bonds is 5. The third-order valence-corrected chi connectivity index (χ3v) is 5.10. The highest BCUT2D eigenvalue weighted by atomic mass is 32.2. The molecule has 2 nitrogen and oxygen atoms in total. The van der Waals surface area contributed by atoms with Crippen molar-refractivity contribution in [3.05, 3.63) is 16.1 Å². The fraction of sp³-hybridized carbons (Fsp3) is 0.727. The fourth-order valence-corrected chi connectivity index (χ4v) is 4.02. The molecule has 4 heteroatoms. The lowest BCUT2D eigenvalue weighted by Gasteiger charge is -2.05. The number of thiazole rings is 1. The van der Waals surface area contributed by atoms with Gasteiger partial charge in [-0.15, -0.1) is 11.3 Å². The molecule has 0 N–H and O–H groups in total. The van der Waals surface area contributed by atoms with Crippen LogP contribution in [-0.4, -0.2) is 17.3 Å². The lowest BCUT2D eigenvalue weighted by molar-refractivity contribution is 0.182. The summed E-state index contributed by atoms with van der Waals surface area (Å²) in [6.45, 7) is 0.643. The Balaban J connectivity index is 1.77. The van der Waals surface area contributed by atoms with Gasteiger partial charge in [0.2, 0.25) is 0 Å². The monoisotopic (exact) mass is 243 g/mol. The predicted octanol–water partition coefficient (Wildman–Crippen LogP) is 3.47. The maximum atomic E-state index is 5.06. The van der Waals surface area contributed by atoms with Gasteiger partial charge in [-0.2, -0.15) is 11.8 Å². The van der Waals surface area contributed by atoms with Gasteiger partial charge >= 0.3 is 0 Å². The number of thioether (sulfide) groups is 1. The van der Waals surface area contributed by atoms with Crippen molar-refractivity contribution in [3.63, 3.8) is 0 Å². The Kier molecular flexibility index (Phi) is 4.47. The van der Waals surface area contributed by atoms with Crippen LogP contribution < -0.4 is 0 Å². The first-order chi connectivity index (χ1) is 7.38. The van der Waals surface area contributed by atoms with E-state index in [9.17, 15) is 0 Å². The van der Waals surface area contributed by atoms with Gasteiger partial charge in [0.15, 0.2) is 0 Å². The molecular weight excluding hydrogens is 226 g/mol. The predicted molar refractivity (Wildman–Crippen MR) is 66.4 cm³/mol. The molecule has 15 heavy (non-hydrogen) atoms. The molecule has 0 amide bonds. The fourth-order valence-electron chi connectivity index (χ4n) is 1.87. The molecule has 0 aromatic carbocycles. The number of hydrogen-bond donors (Lipinski definition) is 0. The zero-order valence-corrected chi connectivity index (χ0v) is 10.7. The van der Waals surface area contributed by atoms with Crippen LogP contribution in [0.2, 0.25) is 0 Å². The quantitative estimate of drug-likeness (QED) is 0.790. The Bertz CT molecular complexity index is 295. The minimum atomic E-state index is 0.643. The number of ether oxygens (including phenoxy) is 1. The van der Waals surface area contributed by atoms with Crippen molar-refractivity contribution >= 4 is 23.1 Å². The van der Waals surface area contributed by atoms with E-state index < -0.39 is 0 Å². The summed E-state index contributed by atoms with van der Waals surface area (Å²) in [7, 11) is 1.71. The average molecular weight is 243 g/mol. The minimum Gasteiger partial charge on any atom is -0.378 e. The summed E-state index contributed by atoms with van der Waals surface area (Å²) in [4.78, 5) is 4.53. The van der Waals surface area contributed by atoms with Crippen molar-refractivity contribution in [1.29, 1.82) is 0 Å². The van der Waals surface area contributed by atoms with Gasteiger partial charge in [0.05, 0.1) is 12.3 Å². The molecule has 1 heterocycles. The maximum absolute atomic E-state index is 5.06. The third kappa shape index (κ3) is 3.47. The molecule has 0 saturated heterocycles. The largest absolute Gasteiger partial charge is 0.378 e. The third-order valence-electron chi connectivity index (χ3n) is 2.64. The SMILES string of the molecule is COCc1csc(CSC2CCCC2)n1. The Morgan fingerprint density at radius 2 is 2.33 bits per heavy atom. The standard InChI is InChI=1S/C11H17NOS2/c1-13-6-9-7-15-11(12-9)8-14-10-4-2-3-5-10/h7,10H,2-6,8H2,1H3.